The number of nitrogen functional groups attached to an aromatic ring is 3. The van der Waals surface area contributed by atoms with Crippen LogP contribution < -0.4 is 48.6 Å². The molecule has 138 heavy (non-hydrogen) atoms. The van der Waals surface area contributed by atoms with Crippen LogP contribution in [0.5, 0.6) is 0 Å². The number of carbonyl (C=O) groups excluding carboxylic acids is 3. The van der Waals surface area contributed by atoms with Crippen LogP contribution in [-0.4, -0.2) is 153 Å². The van der Waals surface area contributed by atoms with Crippen molar-refractivity contribution in [1.29, 1.82) is 15.8 Å². The van der Waals surface area contributed by atoms with Crippen LogP contribution in [0.3, 0.4) is 0 Å². The Bertz CT molecular complexity index is 6790. The molecule has 12 heterocycles. The van der Waals surface area contributed by atoms with E-state index in [1.165, 1.54) is 50.1 Å². The molecular formula is C96H84Cl8F7N21O6. The van der Waals surface area contributed by atoms with E-state index in [9.17, 15) is 66.5 Å². The SMILES string of the molecule is C=CC(=O)N1CCN(c2c(C#N)c(=O)n(-c3c(C)ccnc3C(C)C)c3nc(-c4c(Cl)c(N)c(F)c(F)c4Cl)c(Cl)cc23)C[C@H]1C.C=CC(=O)N1CCN(c2c(C#N)c(=O)n(-c3c(C)ccnc3C(C)C)c3nc(-c4c(N)c(Cl)c(F)c(Cl)c4F)c(Cl)cc23)C[C@H]1C.C=CC(=O)N1CCN(c2c(C#N)c(=O)n(-c3c(C)ccnc3C(C)C)c3nc(-c4c(N)c(Cl)c(F)c(F)c4F)c(Cl)cc23)C[C@H]1C. The Morgan fingerprint density at radius 1 is 0.399 bits per heavy atom. The van der Waals surface area contributed by atoms with Crippen molar-refractivity contribution in [2.24, 2.45) is 0 Å². The molecule has 3 atom stereocenters. The van der Waals surface area contributed by atoms with Crippen molar-refractivity contribution in [1.82, 2.24) is 58.3 Å². The van der Waals surface area contributed by atoms with E-state index >= 15 is 8.78 Å². The maximum atomic E-state index is 15.6. The quantitative estimate of drug-likeness (QED) is 0.0282. The molecule has 3 amide bonds. The van der Waals surface area contributed by atoms with E-state index in [4.69, 9.17) is 120 Å². The Balaban J connectivity index is 0.000000175. The minimum atomic E-state index is -1.88. The molecule has 714 valence electrons. The molecular weight excluding hydrogens is 1960 g/mol. The lowest BCUT2D eigenvalue weighted by atomic mass is 10.0. The standard InChI is InChI=1S/2C32H28Cl3F2N7O2.C32H28Cl2F3N7O2/c1-6-20(45)43-10-9-42(13-16(43)5)30-17-11-19(33)28(21-24(36)22(34)25(37)23(35)26(21)39)41-31(17)44(32(46)18(30)12-38)29-15(4)7-8-40-27(29)14(2)3;1-6-20(45)43-10-9-42(13-16(43)5)30-17-11-19(33)28(21-22(34)24(36)25(37)26(39)23(21)35)41-31(17)44(32(46)18(30)12-38)29-15(4)7-8-40-27(29)14(2)3;1-6-20(45)43-10-9-42(13-16(43)5)30-17-11-19(33)28(21-23(35)25(37)24(36)22(34)26(21)39)41-31(17)44(32(46)18(30)12-38)29-15(4)7-8-40-27(29)14(2)3/h3*6-8,11,14,16H,1,9-10,13,39H2,2-5H3/t3*16-/m111/s1. The predicted octanol–water partition coefficient (Wildman–Crippen LogP) is 19.9. The molecule has 0 saturated carbocycles. The third kappa shape index (κ3) is 17.9. The second-order valence-electron chi connectivity index (χ2n) is 33.8. The van der Waals surface area contributed by atoms with Gasteiger partial charge in [0.2, 0.25) is 17.7 Å². The minimum absolute atomic E-state index is 0.00372. The highest BCUT2D eigenvalue weighted by atomic mass is 35.5. The van der Waals surface area contributed by atoms with Crippen molar-refractivity contribution < 1.29 is 45.1 Å². The van der Waals surface area contributed by atoms with Crippen molar-refractivity contribution in [3.8, 4) is 69.0 Å². The van der Waals surface area contributed by atoms with Crippen LogP contribution >= 0.6 is 92.8 Å². The summed E-state index contributed by atoms with van der Waals surface area (Å²) in [5, 5.41) is 28.2. The Morgan fingerprint density at radius 3 is 0.978 bits per heavy atom. The first-order chi connectivity index (χ1) is 65.2. The number of rotatable bonds is 15. The number of aromatic nitrogens is 9. The van der Waals surface area contributed by atoms with Gasteiger partial charge in [-0.1, -0.05) is 154 Å². The lowest BCUT2D eigenvalue weighted by molar-refractivity contribution is -0.129. The molecule has 3 aliphatic heterocycles. The third-order valence-electron chi connectivity index (χ3n) is 24.2. The zero-order chi connectivity index (χ0) is 101. The number of benzene rings is 3. The van der Waals surface area contributed by atoms with Crippen molar-refractivity contribution in [2.45, 2.75) is 119 Å². The van der Waals surface area contributed by atoms with Gasteiger partial charge in [0.25, 0.3) is 16.7 Å². The summed E-state index contributed by atoms with van der Waals surface area (Å²) in [4.78, 5) is 119. The lowest BCUT2D eigenvalue weighted by Crippen LogP contribution is -2.54. The number of amides is 3. The summed E-state index contributed by atoms with van der Waals surface area (Å²) >= 11 is 50.8. The lowest BCUT2D eigenvalue weighted by Gasteiger charge is -2.41. The van der Waals surface area contributed by atoms with Gasteiger partial charge in [0.15, 0.2) is 40.7 Å². The van der Waals surface area contributed by atoms with Gasteiger partial charge in [-0.25, -0.2) is 45.7 Å². The van der Waals surface area contributed by atoms with Crippen LogP contribution in [0.25, 0.3) is 83.9 Å². The molecule has 42 heteroatoms. The minimum Gasteiger partial charge on any atom is -0.397 e. The summed E-state index contributed by atoms with van der Waals surface area (Å²) in [5.41, 5.74) is 16.3. The van der Waals surface area contributed by atoms with E-state index in [0.29, 0.717) is 62.8 Å². The summed E-state index contributed by atoms with van der Waals surface area (Å²) < 4.78 is 107. The van der Waals surface area contributed by atoms with Crippen LogP contribution in [0.4, 0.5) is 64.9 Å². The summed E-state index contributed by atoms with van der Waals surface area (Å²) in [6.07, 6.45) is 8.50. The topological polar surface area (TPSA) is 363 Å². The molecule has 3 fully saturated rings. The molecule has 3 aromatic carbocycles. The molecule has 27 nitrogen and oxygen atoms in total. The molecule has 0 aliphatic carbocycles. The number of hydrogen-bond donors (Lipinski definition) is 3. The fourth-order valence-corrected chi connectivity index (χ4v) is 19.5. The van der Waals surface area contributed by atoms with Crippen LogP contribution in [0.1, 0.15) is 131 Å². The van der Waals surface area contributed by atoms with Crippen LogP contribution in [0.15, 0.2) is 107 Å². The Morgan fingerprint density at radius 2 is 0.688 bits per heavy atom. The van der Waals surface area contributed by atoms with Crippen LogP contribution in [-0.2, 0) is 14.4 Å². The van der Waals surface area contributed by atoms with Crippen LogP contribution in [0.2, 0.25) is 40.2 Å². The largest absolute Gasteiger partial charge is 0.397 e. The van der Waals surface area contributed by atoms with Gasteiger partial charge < -0.3 is 46.6 Å². The normalized spacial score (nSPS) is 15.0. The number of anilines is 6. The third-order valence-corrected chi connectivity index (χ3v) is 26.8. The van der Waals surface area contributed by atoms with Crippen molar-refractivity contribution in [3.63, 3.8) is 0 Å². The van der Waals surface area contributed by atoms with E-state index < -0.39 is 116 Å². The second kappa shape index (κ2) is 40.5. The van der Waals surface area contributed by atoms with E-state index in [-0.39, 0.29) is 199 Å². The molecule has 0 bridgehead atoms. The van der Waals surface area contributed by atoms with E-state index in [1.807, 2.05) is 78.2 Å². The number of pyridine rings is 9. The van der Waals surface area contributed by atoms with Gasteiger partial charge in [-0.3, -0.25) is 57.4 Å². The molecule has 9 aromatic heterocycles. The number of nitriles is 3. The molecule has 6 N–H and O–H groups in total. The van der Waals surface area contributed by atoms with E-state index in [2.05, 4.69) is 51.8 Å². The number of nitrogens with two attached hydrogens (primary N) is 3. The molecule has 12 aromatic rings. The summed E-state index contributed by atoms with van der Waals surface area (Å²) in [6, 6.07) is 14.7. The highest BCUT2D eigenvalue weighted by Crippen LogP contribution is 2.50. The molecule has 3 aliphatic rings. The van der Waals surface area contributed by atoms with Gasteiger partial charge in [0.1, 0.15) is 66.9 Å². The van der Waals surface area contributed by atoms with E-state index in [0.717, 1.165) is 0 Å². The van der Waals surface area contributed by atoms with Crippen molar-refractivity contribution >= 4 is 178 Å². The fraction of sp³-hybridized carbons (Fsp3) is 0.281. The van der Waals surface area contributed by atoms with Crippen molar-refractivity contribution in [2.75, 3.05) is 90.8 Å². The number of hydrogen-bond acceptors (Lipinski definition) is 21. The van der Waals surface area contributed by atoms with Gasteiger partial charge >= 0.3 is 0 Å². The highest BCUT2D eigenvalue weighted by molar-refractivity contribution is 6.43. The number of piperazine rings is 3. The van der Waals surface area contributed by atoms with Gasteiger partial charge in [-0.2, -0.15) is 15.8 Å². The monoisotopic (exact) mass is 2040 g/mol. The number of aryl methyl sites for hydroxylation is 3. The molecule has 0 unspecified atom stereocenters. The van der Waals surface area contributed by atoms with Gasteiger partial charge in [0.05, 0.1) is 122 Å². The molecule has 15 rings (SSSR count). The fourth-order valence-electron chi connectivity index (χ4n) is 17.5. The first-order valence-corrected chi connectivity index (χ1v) is 45.6. The molecule has 3 saturated heterocycles. The average molecular weight is 2040 g/mol. The highest BCUT2D eigenvalue weighted by Gasteiger charge is 2.40. The average Bonchev–Trinajstić information content (AvgIpc) is 0.726. The summed E-state index contributed by atoms with van der Waals surface area (Å²) in [7, 11) is 0. The van der Waals surface area contributed by atoms with Gasteiger partial charge in [-0.15, -0.1) is 0 Å². The molecule has 0 spiro atoms. The first kappa shape index (κ1) is 102. The maximum absolute atomic E-state index is 15.6. The first-order valence-electron chi connectivity index (χ1n) is 42.6. The Hall–Kier alpha value is -13.1. The smallest absolute Gasteiger partial charge is 0.276 e. The predicted molar refractivity (Wildman–Crippen MR) is 526 cm³/mol. The van der Waals surface area contributed by atoms with Gasteiger partial charge in [0, 0.05) is 117 Å². The number of halogens is 15. The van der Waals surface area contributed by atoms with Crippen molar-refractivity contribution in [3.05, 3.63) is 255 Å². The van der Waals surface area contributed by atoms with Gasteiger partial charge in [-0.05, 0) is 131 Å². The zero-order valence-corrected chi connectivity index (χ0v) is 81.8. The number of fused-ring (bicyclic) bond motifs is 3. The zero-order valence-electron chi connectivity index (χ0n) is 75.8. The number of nitrogens with zero attached hydrogens (tertiary/aromatic N) is 18. The van der Waals surface area contributed by atoms with Crippen LogP contribution in [0, 0.1) is 95.5 Å². The number of carbonyl (C=O) groups is 3. The second-order valence-corrected chi connectivity index (χ2v) is 36.9. The molecule has 0 radical (unpaired) electrons. The summed E-state index contributed by atoms with van der Waals surface area (Å²) in [5.74, 6) is -11.8. The summed E-state index contributed by atoms with van der Waals surface area (Å²) in [6.45, 7) is 35.3. The Labute approximate surface area is 825 Å². The van der Waals surface area contributed by atoms with E-state index in [1.54, 1.807) is 77.2 Å². The Kier molecular flexibility index (Phi) is 30.1. The maximum Gasteiger partial charge on any atom is 0.276 e.